The molecule has 5 nitrogen and oxygen atoms in total. The van der Waals surface area contributed by atoms with Gasteiger partial charge in [-0.05, 0) is 43.8 Å². The monoisotopic (exact) mass is 309 g/mol. The summed E-state index contributed by atoms with van der Waals surface area (Å²) in [7, 11) is -2.26. The van der Waals surface area contributed by atoms with Gasteiger partial charge in [0.2, 0.25) is 0 Å². The molecule has 2 N–H and O–H groups in total. The van der Waals surface area contributed by atoms with Gasteiger partial charge < -0.3 is 5.32 Å². The fourth-order valence-corrected chi connectivity index (χ4v) is 2.98. The van der Waals surface area contributed by atoms with E-state index in [1.807, 2.05) is 0 Å². The van der Waals surface area contributed by atoms with Crippen molar-refractivity contribution in [3.05, 3.63) is 53.6 Å². The molecule has 0 saturated heterocycles. The molecule has 21 heavy (non-hydrogen) atoms. The minimum Gasteiger partial charge on any atom is -0.316 e. The van der Waals surface area contributed by atoms with Crippen molar-refractivity contribution in [3.8, 4) is 0 Å². The first-order chi connectivity index (χ1) is 9.92. The quantitative estimate of drug-likeness (QED) is 0.887. The number of aromatic nitrogens is 1. The number of benzene rings is 1. The number of anilines is 1. The van der Waals surface area contributed by atoms with E-state index in [9.17, 15) is 12.8 Å². The maximum absolute atomic E-state index is 13.8. The summed E-state index contributed by atoms with van der Waals surface area (Å²) in [4.78, 5) is 3.62. The number of hydrogen-bond acceptors (Lipinski definition) is 4. The van der Waals surface area contributed by atoms with Gasteiger partial charge in [-0.25, -0.2) is 12.8 Å². The average Bonchev–Trinajstić information content (AvgIpc) is 2.43. The Labute approximate surface area is 123 Å². The first kappa shape index (κ1) is 15.4. The van der Waals surface area contributed by atoms with Crippen LogP contribution in [0, 0.1) is 12.7 Å². The summed E-state index contributed by atoms with van der Waals surface area (Å²) < 4.78 is 40.7. The van der Waals surface area contributed by atoms with Gasteiger partial charge in [0.1, 0.15) is 10.7 Å². The van der Waals surface area contributed by atoms with Crippen LogP contribution in [0.5, 0.6) is 0 Å². The van der Waals surface area contributed by atoms with Crippen LogP contribution < -0.4 is 10.0 Å². The summed E-state index contributed by atoms with van der Waals surface area (Å²) in [6.45, 7) is 2.24. The molecule has 0 amide bonds. The van der Waals surface area contributed by atoms with Crippen LogP contribution in [-0.4, -0.2) is 20.4 Å². The molecule has 0 radical (unpaired) electrons. The molecule has 1 heterocycles. The van der Waals surface area contributed by atoms with Crippen molar-refractivity contribution in [2.45, 2.75) is 18.4 Å². The van der Waals surface area contributed by atoms with E-state index in [1.54, 1.807) is 26.1 Å². The molecule has 0 atom stereocenters. The SMILES string of the molecule is CNCc1ccc(F)c(S(=O)(=O)Nc2ccc(C)nc2)c1. The van der Waals surface area contributed by atoms with E-state index in [4.69, 9.17) is 0 Å². The molecule has 2 rings (SSSR count). The van der Waals surface area contributed by atoms with Gasteiger partial charge in [0.15, 0.2) is 0 Å². The number of nitrogens with zero attached hydrogens (tertiary/aromatic N) is 1. The Morgan fingerprint density at radius 3 is 2.62 bits per heavy atom. The highest BCUT2D eigenvalue weighted by atomic mass is 32.2. The van der Waals surface area contributed by atoms with E-state index in [0.717, 1.165) is 11.8 Å². The van der Waals surface area contributed by atoms with Crippen LogP contribution in [0.4, 0.5) is 10.1 Å². The largest absolute Gasteiger partial charge is 0.316 e. The van der Waals surface area contributed by atoms with E-state index >= 15 is 0 Å². The van der Waals surface area contributed by atoms with Crippen LogP contribution in [0.15, 0.2) is 41.4 Å². The predicted octanol–water partition coefficient (Wildman–Crippen LogP) is 2.05. The van der Waals surface area contributed by atoms with Gasteiger partial charge >= 0.3 is 0 Å². The Kier molecular flexibility index (Phi) is 4.54. The van der Waals surface area contributed by atoms with Gasteiger partial charge in [-0.1, -0.05) is 6.07 Å². The second-order valence-electron chi connectivity index (χ2n) is 4.59. The number of hydrogen-bond donors (Lipinski definition) is 2. The Balaban J connectivity index is 2.34. The third kappa shape index (κ3) is 3.77. The second kappa shape index (κ2) is 6.19. The highest BCUT2D eigenvalue weighted by Crippen LogP contribution is 2.20. The van der Waals surface area contributed by atoms with Crippen LogP contribution in [-0.2, 0) is 16.6 Å². The number of rotatable bonds is 5. The molecule has 0 saturated carbocycles. The van der Waals surface area contributed by atoms with E-state index in [1.165, 1.54) is 18.3 Å². The van der Waals surface area contributed by atoms with Crippen molar-refractivity contribution in [3.63, 3.8) is 0 Å². The zero-order valence-corrected chi connectivity index (χ0v) is 12.5. The fourth-order valence-electron chi connectivity index (χ4n) is 1.81. The maximum atomic E-state index is 13.8. The molecular weight excluding hydrogens is 293 g/mol. The van der Waals surface area contributed by atoms with Crippen molar-refractivity contribution in [2.75, 3.05) is 11.8 Å². The predicted molar refractivity (Wildman–Crippen MR) is 78.9 cm³/mol. The Hall–Kier alpha value is -1.99. The molecule has 0 aliphatic heterocycles. The molecule has 0 unspecified atom stereocenters. The van der Waals surface area contributed by atoms with Gasteiger partial charge in [-0.2, -0.15) is 0 Å². The van der Waals surface area contributed by atoms with E-state index < -0.39 is 15.8 Å². The highest BCUT2D eigenvalue weighted by Gasteiger charge is 2.19. The second-order valence-corrected chi connectivity index (χ2v) is 6.24. The molecule has 1 aromatic carbocycles. The molecule has 7 heteroatoms. The third-order valence-electron chi connectivity index (χ3n) is 2.83. The van der Waals surface area contributed by atoms with Crippen molar-refractivity contribution in [1.29, 1.82) is 0 Å². The molecule has 112 valence electrons. The Morgan fingerprint density at radius 2 is 2.00 bits per heavy atom. The molecule has 0 bridgehead atoms. The zero-order valence-electron chi connectivity index (χ0n) is 11.7. The highest BCUT2D eigenvalue weighted by molar-refractivity contribution is 7.92. The lowest BCUT2D eigenvalue weighted by atomic mass is 10.2. The zero-order chi connectivity index (χ0) is 15.5. The molecule has 2 aromatic rings. The summed E-state index contributed by atoms with van der Waals surface area (Å²) in [6.07, 6.45) is 1.39. The van der Waals surface area contributed by atoms with Gasteiger partial charge in [0.05, 0.1) is 11.9 Å². The number of sulfonamides is 1. The summed E-state index contributed by atoms with van der Waals surface area (Å²) in [6, 6.07) is 7.25. The fraction of sp³-hybridized carbons (Fsp3) is 0.214. The molecule has 1 aromatic heterocycles. The van der Waals surface area contributed by atoms with Crippen molar-refractivity contribution in [2.24, 2.45) is 0 Å². The van der Waals surface area contributed by atoms with Crippen LogP contribution >= 0.6 is 0 Å². The molecule has 0 spiro atoms. The molecule has 0 fully saturated rings. The lowest BCUT2D eigenvalue weighted by molar-refractivity contribution is 0.569. The number of nitrogens with one attached hydrogen (secondary N) is 2. The van der Waals surface area contributed by atoms with E-state index in [0.29, 0.717) is 17.8 Å². The van der Waals surface area contributed by atoms with Crippen molar-refractivity contribution < 1.29 is 12.8 Å². The standard InChI is InChI=1S/C14H16FN3O2S/c1-10-3-5-12(9-17-10)18-21(19,20)14-7-11(8-16-2)4-6-13(14)15/h3-7,9,16,18H,8H2,1-2H3. The average molecular weight is 309 g/mol. The number of pyridine rings is 1. The maximum Gasteiger partial charge on any atom is 0.264 e. The summed E-state index contributed by atoms with van der Waals surface area (Å²) >= 11 is 0. The Bertz CT molecular complexity index is 730. The molecule has 0 aliphatic carbocycles. The summed E-state index contributed by atoms with van der Waals surface area (Å²) in [5, 5.41) is 2.89. The van der Waals surface area contributed by atoms with Gasteiger partial charge in [-0.15, -0.1) is 0 Å². The van der Waals surface area contributed by atoms with Crippen LogP contribution in [0.3, 0.4) is 0 Å². The van der Waals surface area contributed by atoms with Gasteiger partial charge in [0.25, 0.3) is 10.0 Å². The summed E-state index contributed by atoms with van der Waals surface area (Å²) in [5.74, 6) is -0.789. The topological polar surface area (TPSA) is 71.1 Å². The van der Waals surface area contributed by atoms with Crippen molar-refractivity contribution >= 4 is 15.7 Å². The lowest BCUT2D eigenvalue weighted by Gasteiger charge is -2.10. The smallest absolute Gasteiger partial charge is 0.264 e. The van der Waals surface area contributed by atoms with Crippen LogP contribution in [0.1, 0.15) is 11.3 Å². The van der Waals surface area contributed by atoms with E-state index in [2.05, 4.69) is 15.0 Å². The number of halogens is 1. The first-order valence-electron chi connectivity index (χ1n) is 6.31. The Morgan fingerprint density at radius 1 is 1.24 bits per heavy atom. The van der Waals surface area contributed by atoms with Gasteiger partial charge in [0, 0.05) is 12.2 Å². The normalized spacial score (nSPS) is 11.4. The van der Waals surface area contributed by atoms with Gasteiger partial charge in [-0.3, -0.25) is 9.71 Å². The molecular formula is C14H16FN3O2S. The van der Waals surface area contributed by atoms with Crippen molar-refractivity contribution in [1.82, 2.24) is 10.3 Å². The van der Waals surface area contributed by atoms with Crippen LogP contribution in [0.2, 0.25) is 0 Å². The summed E-state index contributed by atoms with van der Waals surface area (Å²) in [5.41, 5.74) is 1.74. The minimum atomic E-state index is -3.99. The minimum absolute atomic E-state index is 0.291. The number of aryl methyl sites for hydroxylation is 1. The lowest BCUT2D eigenvalue weighted by Crippen LogP contribution is -2.16. The van der Waals surface area contributed by atoms with E-state index in [-0.39, 0.29) is 4.90 Å². The van der Waals surface area contributed by atoms with Crippen LogP contribution in [0.25, 0.3) is 0 Å². The first-order valence-corrected chi connectivity index (χ1v) is 7.79. The third-order valence-corrected chi connectivity index (χ3v) is 4.23. The molecule has 0 aliphatic rings.